The first kappa shape index (κ1) is 18.5. The van der Waals surface area contributed by atoms with Crippen molar-refractivity contribution in [2.45, 2.75) is 40.2 Å². The van der Waals surface area contributed by atoms with E-state index in [9.17, 15) is 9.59 Å². The maximum absolute atomic E-state index is 12.9. The molecule has 3 aromatic heterocycles. The molecule has 0 aliphatic heterocycles. The van der Waals surface area contributed by atoms with Gasteiger partial charge in [0.1, 0.15) is 23.8 Å². The van der Waals surface area contributed by atoms with Crippen molar-refractivity contribution >= 4 is 33.2 Å². The number of carbonyl (C=O) groups excluding carboxylic acids is 1. The predicted octanol–water partition coefficient (Wildman–Crippen LogP) is 2.04. The third-order valence-electron chi connectivity index (χ3n) is 4.22. The zero-order chi connectivity index (χ0) is 19.0. The normalized spacial score (nSPS) is 11.8. The summed E-state index contributed by atoms with van der Waals surface area (Å²) < 4.78 is 12.5. The highest BCUT2D eigenvalue weighted by atomic mass is 32.1. The van der Waals surface area contributed by atoms with Gasteiger partial charge in [0.15, 0.2) is 5.65 Å². The van der Waals surface area contributed by atoms with Crippen LogP contribution in [0.4, 0.5) is 0 Å². The van der Waals surface area contributed by atoms with Crippen LogP contribution in [-0.4, -0.2) is 45.5 Å². The Labute approximate surface area is 154 Å². The molecule has 0 atom stereocenters. The minimum Gasteiger partial charge on any atom is -0.462 e. The Bertz CT molecular complexity index is 1030. The molecule has 0 aliphatic carbocycles. The van der Waals surface area contributed by atoms with Gasteiger partial charge in [0.2, 0.25) is 0 Å². The second kappa shape index (κ2) is 7.16. The molecule has 0 radical (unpaired) electrons. The SMILES string of the molecule is COCCOC(=O)Cn1nc2c3c(C)c(C)sc3nc(C(C)C)n2c1=O. The van der Waals surface area contributed by atoms with E-state index in [-0.39, 0.29) is 24.8 Å². The minimum absolute atomic E-state index is 0.0358. The third-order valence-corrected chi connectivity index (χ3v) is 5.32. The second-order valence-electron chi connectivity index (χ2n) is 6.40. The summed E-state index contributed by atoms with van der Waals surface area (Å²) >= 11 is 1.59. The molecule has 0 saturated carbocycles. The number of ether oxygens (including phenoxy) is 2. The fourth-order valence-corrected chi connectivity index (χ4v) is 3.81. The zero-order valence-corrected chi connectivity index (χ0v) is 16.3. The van der Waals surface area contributed by atoms with Gasteiger partial charge in [-0.25, -0.2) is 18.9 Å². The van der Waals surface area contributed by atoms with Gasteiger partial charge < -0.3 is 9.47 Å². The lowest BCUT2D eigenvalue weighted by atomic mass is 10.2. The Balaban J connectivity index is 2.14. The topological polar surface area (TPSA) is 87.7 Å². The van der Waals surface area contributed by atoms with Gasteiger partial charge in [-0.05, 0) is 19.4 Å². The molecule has 3 heterocycles. The molecular weight excluding hydrogens is 356 g/mol. The summed E-state index contributed by atoms with van der Waals surface area (Å²) in [5.74, 6) is 0.146. The van der Waals surface area contributed by atoms with Crippen LogP contribution < -0.4 is 5.69 Å². The lowest BCUT2D eigenvalue weighted by molar-refractivity contribution is -0.145. The van der Waals surface area contributed by atoms with Crippen LogP contribution in [0.3, 0.4) is 0 Å². The van der Waals surface area contributed by atoms with Crippen molar-refractivity contribution in [3.8, 4) is 0 Å². The molecule has 0 spiro atoms. The molecule has 0 bridgehead atoms. The van der Waals surface area contributed by atoms with Crippen LogP contribution in [0.2, 0.25) is 0 Å². The van der Waals surface area contributed by atoms with E-state index in [1.807, 2.05) is 27.7 Å². The maximum atomic E-state index is 12.9. The number of thiophene rings is 1. The predicted molar refractivity (Wildman–Crippen MR) is 99.0 cm³/mol. The largest absolute Gasteiger partial charge is 0.462 e. The molecule has 3 rings (SSSR count). The van der Waals surface area contributed by atoms with Gasteiger partial charge >= 0.3 is 11.7 Å². The molecule has 0 aromatic carbocycles. The average molecular weight is 378 g/mol. The van der Waals surface area contributed by atoms with Crippen molar-refractivity contribution < 1.29 is 14.3 Å². The standard InChI is InChI=1S/C17H22N4O4S/c1-9(2)14-18-16-13(10(3)11(4)26-16)15-19-20(17(23)21(14)15)8-12(22)25-7-6-24-5/h9H,6-8H2,1-5H3. The van der Waals surface area contributed by atoms with Crippen molar-refractivity contribution in [3.05, 3.63) is 26.7 Å². The molecule has 0 unspecified atom stereocenters. The number of esters is 1. The lowest BCUT2D eigenvalue weighted by Gasteiger charge is -2.07. The van der Waals surface area contributed by atoms with Crippen LogP contribution in [0.15, 0.2) is 4.79 Å². The van der Waals surface area contributed by atoms with Crippen molar-refractivity contribution in [2.24, 2.45) is 0 Å². The Morgan fingerprint density at radius 2 is 2.00 bits per heavy atom. The van der Waals surface area contributed by atoms with E-state index >= 15 is 0 Å². The van der Waals surface area contributed by atoms with E-state index in [1.54, 1.807) is 11.3 Å². The van der Waals surface area contributed by atoms with E-state index in [0.29, 0.717) is 18.1 Å². The van der Waals surface area contributed by atoms with E-state index in [4.69, 9.17) is 14.5 Å². The number of hydrogen-bond donors (Lipinski definition) is 0. The molecule has 3 aromatic rings. The molecule has 8 nitrogen and oxygen atoms in total. The molecule has 0 saturated heterocycles. The first-order valence-corrected chi connectivity index (χ1v) is 9.20. The molecule has 0 amide bonds. The molecule has 0 fully saturated rings. The summed E-state index contributed by atoms with van der Waals surface area (Å²) in [4.78, 5) is 31.5. The third kappa shape index (κ3) is 3.12. The summed E-state index contributed by atoms with van der Waals surface area (Å²) in [5.41, 5.74) is 1.21. The summed E-state index contributed by atoms with van der Waals surface area (Å²) in [6, 6.07) is 0. The van der Waals surface area contributed by atoms with E-state index in [2.05, 4.69) is 5.10 Å². The summed E-state index contributed by atoms with van der Waals surface area (Å²) in [7, 11) is 1.53. The number of fused-ring (bicyclic) bond motifs is 3. The Morgan fingerprint density at radius 3 is 2.65 bits per heavy atom. The van der Waals surface area contributed by atoms with E-state index < -0.39 is 5.97 Å². The second-order valence-corrected chi connectivity index (χ2v) is 7.60. The number of nitrogens with zero attached hydrogens (tertiary/aromatic N) is 4. The maximum Gasteiger partial charge on any atom is 0.352 e. The van der Waals surface area contributed by atoms with Gasteiger partial charge in [0.05, 0.1) is 12.0 Å². The van der Waals surface area contributed by atoms with Gasteiger partial charge in [0.25, 0.3) is 0 Å². The van der Waals surface area contributed by atoms with Crippen molar-refractivity contribution in [1.29, 1.82) is 0 Å². The van der Waals surface area contributed by atoms with Crippen LogP contribution in [-0.2, 0) is 20.8 Å². The lowest BCUT2D eigenvalue weighted by Crippen LogP contribution is -2.28. The van der Waals surface area contributed by atoms with Gasteiger partial charge in [-0.15, -0.1) is 16.4 Å². The number of aryl methyl sites for hydroxylation is 2. The highest BCUT2D eigenvalue weighted by Gasteiger charge is 2.22. The summed E-state index contributed by atoms with van der Waals surface area (Å²) in [6.07, 6.45) is 0. The Kier molecular flexibility index (Phi) is 5.10. The van der Waals surface area contributed by atoms with Crippen molar-refractivity contribution in [1.82, 2.24) is 19.2 Å². The monoisotopic (exact) mass is 378 g/mol. The van der Waals surface area contributed by atoms with Crippen LogP contribution in [0.25, 0.3) is 15.9 Å². The van der Waals surface area contributed by atoms with Crippen LogP contribution >= 0.6 is 11.3 Å². The van der Waals surface area contributed by atoms with Gasteiger partial charge in [-0.1, -0.05) is 13.8 Å². The first-order valence-electron chi connectivity index (χ1n) is 8.38. The van der Waals surface area contributed by atoms with Crippen LogP contribution in [0.1, 0.15) is 36.0 Å². The van der Waals surface area contributed by atoms with Crippen LogP contribution in [0, 0.1) is 13.8 Å². The highest BCUT2D eigenvalue weighted by Crippen LogP contribution is 2.32. The Morgan fingerprint density at radius 1 is 1.27 bits per heavy atom. The smallest absolute Gasteiger partial charge is 0.352 e. The Hall–Kier alpha value is -2.26. The molecular formula is C17H22N4O4S. The number of carbonyl (C=O) groups is 1. The first-order chi connectivity index (χ1) is 12.3. The molecule has 140 valence electrons. The summed E-state index contributed by atoms with van der Waals surface area (Å²) in [5, 5.41) is 5.29. The quantitative estimate of drug-likeness (QED) is 0.482. The number of aromatic nitrogens is 4. The van der Waals surface area contributed by atoms with Crippen LogP contribution in [0.5, 0.6) is 0 Å². The molecule has 0 N–H and O–H groups in total. The highest BCUT2D eigenvalue weighted by molar-refractivity contribution is 7.18. The number of rotatable bonds is 6. The zero-order valence-electron chi connectivity index (χ0n) is 15.5. The van der Waals surface area contributed by atoms with Crippen molar-refractivity contribution in [2.75, 3.05) is 20.3 Å². The molecule has 0 aliphatic rings. The van der Waals surface area contributed by atoms with Gasteiger partial charge in [0, 0.05) is 17.9 Å². The van der Waals surface area contributed by atoms with Crippen molar-refractivity contribution in [3.63, 3.8) is 0 Å². The molecule has 9 heteroatoms. The molecule has 26 heavy (non-hydrogen) atoms. The minimum atomic E-state index is -0.527. The summed E-state index contributed by atoms with van der Waals surface area (Å²) in [6.45, 7) is 8.17. The fourth-order valence-electron chi connectivity index (χ4n) is 2.78. The number of methoxy groups -OCH3 is 1. The van der Waals surface area contributed by atoms with Gasteiger partial charge in [-0.3, -0.25) is 4.79 Å². The fraction of sp³-hybridized carbons (Fsp3) is 0.529. The van der Waals surface area contributed by atoms with E-state index in [0.717, 1.165) is 25.3 Å². The van der Waals surface area contributed by atoms with E-state index in [1.165, 1.54) is 11.5 Å². The average Bonchev–Trinajstić information content (AvgIpc) is 3.04. The number of hydrogen-bond acceptors (Lipinski definition) is 7. The van der Waals surface area contributed by atoms with Gasteiger partial charge in [-0.2, -0.15) is 0 Å².